The molecule has 0 N–H and O–H groups in total. The SMILES string of the molecule is Clc1nc(Cl)c2nccnc2n1. The molecule has 0 aliphatic heterocycles. The lowest BCUT2D eigenvalue weighted by Crippen LogP contribution is -1.90. The third-order valence-corrected chi connectivity index (χ3v) is 1.70. The van der Waals surface area contributed by atoms with Gasteiger partial charge in [0.25, 0.3) is 0 Å². The molecule has 12 heavy (non-hydrogen) atoms. The van der Waals surface area contributed by atoms with Gasteiger partial charge in [0, 0.05) is 12.4 Å². The van der Waals surface area contributed by atoms with E-state index in [1.165, 1.54) is 12.4 Å². The van der Waals surface area contributed by atoms with E-state index in [4.69, 9.17) is 23.2 Å². The lowest BCUT2D eigenvalue weighted by molar-refractivity contribution is 1.15. The highest BCUT2D eigenvalue weighted by Crippen LogP contribution is 2.17. The van der Waals surface area contributed by atoms with Gasteiger partial charge >= 0.3 is 0 Å². The molecule has 0 unspecified atom stereocenters. The van der Waals surface area contributed by atoms with Gasteiger partial charge in [0.2, 0.25) is 5.28 Å². The van der Waals surface area contributed by atoms with E-state index < -0.39 is 0 Å². The van der Waals surface area contributed by atoms with E-state index in [0.29, 0.717) is 11.2 Å². The van der Waals surface area contributed by atoms with Crippen molar-refractivity contribution in [3.63, 3.8) is 0 Å². The Balaban J connectivity index is 2.89. The second-order valence-electron chi connectivity index (χ2n) is 2.01. The summed E-state index contributed by atoms with van der Waals surface area (Å²) in [5.74, 6) is 0. The average Bonchev–Trinajstić information content (AvgIpc) is 2.04. The highest BCUT2D eigenvalue weighted by atomic mass is 35.5. The summed E-state index contributed by atoms with van der Waals surface area (Å²) in [6.45, 7) is 0. The zero-order valence-electron chi connectivity index (χ0n) is 5.70. The maximum atomic E-state index is 5.72. The molecule has 2 aromatic heterocycles. The summed E-state index contributed by atoms with van der Waals surface area (Å²) >= 11 is 11.3. The summed E-state index contributed by atoms with van der Waals surface area (Å²) in [5, 5.41) is 0.297. The molecule has 0 fully saturated rings. The van der Waals surface area contributed by atoms with Crippen molar-refractivity contribution >= 4 is 34.4 Å². The number of rotatable bonds is 0. The van der Waals surface area contributed by atoms with Crippen LogP contribution in [0.4, 0.5) is 0 Å². The number of halogens is 2. The molecule has 0 aromatic carbocycles. The lowest BCUT2D eigenvalue weighted by Gasteiger charge is -1.95. The Morgan fingerprint density at radius 1 is 1.00 bits per heavy atom. The smallest absolute Gasteiger partial charge is 0.225 e. The zero-order valence-corrected chi connectivity index (χ0v) is 7.21. The third kappa shape index (κ3) is 1.19. The number of nitrogens with zero attached hydrogens (tertiary/aromatic N) is 4. The van der Waals surface area contributed by atoms with E-state index in [0.717, 1.165) is 0 Å². The van der Waals surface area contributed by atoms with Gasteiger partial charge in [-0.3, -0.25) is 0 Å². The van der Waals surface area contributed by atoms with Crippen molar-refractivity contribution in [1.29, 1.82) is 0 Å². The van der Waals surface area contributed by atoms with Crippen LogP contribution in [0.3, 0.4) is 0 Å². The second kappa shape index (κ2) is 2.80. The number of fused-ring (bicyclic) bond motifs is 1. The summed E-state index contributed by atoms with van der Waals surface area (Å²) in [6.07, 6.45) is 3.04. The fourth-order valence-corrected chi connectivity index (χ4v) is 1.23. The van der Waals surface area contributed by atoms with Crippen LogP contribution in [-0.4, -0.2) is 19.9 Å². The van der Waals surface area contributed by atoms with Gasteiger partial charge < -0.3 is 0 Å². The minimum absolute atomic E-state index is 0.0769. The predicted octanol–water partition coefficient (Wildman–Crippen LogP) is 1.73. The molecular weight excluding hydrogens is 199 g/mol. The number of aromatic nitrogens is 4. The quantitative estimate of drug-likeness (QED) is 0.481. The minimum Gasteiger partial charge on any atom is -0.248 e. The molecular formula is C6H2Cl2N4. The van der Waals surface area contributed by atoms with Crippen molar-refractivity contribution in [3.8, 4) is 0 Å². The molecule has 0 atom stereocenters. The van der Waals surface area contributed by atoms with Crippen LogP contribution in [0.25, 0.3) is 11.2 Å². The van der Waals surface area contributed by atoms with Crippen molar-refractivity contribution in [1.82, 2.24) is 19.9 Å². The van der Waals surface area contributed by atoms with Crippen molar-refractivity contribution in [2.24, 2.45) is 0 Å². The zero-order chi connectivity index (χ0) is 8.55. The summed E-state index contributed by atoms with van der Waals surface area (Å²) in [4.78, 5) is 15.4. The molecule has 0 aliphatic rings. The Morgan fingerprint density at radius 3 is 2.58 bits per heavy atom. The summed E-state index contributed by atoms with van der Waals surface area (Å²) in [7, 11) is 0. The van der Waals surface area contributed by atoms with E-state index in [1.807, 2.05) is 0 Å². The van der Waals surface area contributed by atoms with Crippen LogP contribution >= 0.6 is 23.2 Å². The Labute approximate surface area is 77.6 Å². The molecule has 2 rings (SSSR count). The van der Waals surface area contributed by atoms with Gasteiger partial charge in [-0.15, -0.1) is 0 Å². The van der Waals surface area contributed by atoms with Crippen LogP contribution < -0.4 is 0 Å². The largest absolute Gasteiger partial charge is 0.248 e. The molecule has 6 heteroatoms. The molecule has 0 saturated heterocycles. The fourth-order valence-electron chi connectivity index (χ4n) is 0.804. The van der Waals surface area contributed by atoms with Gasteiger partial charge in [0.1, 0.15) is 5.52 Å². The van der Waals surface area contributed by atoms with Gasteiger partial charge in [0.15, 0.2) is 10.8 Å². The Hall–Kier alpha value is -1.00. The molecule has 60 valence electrons. The molecule has 2 aromatic rings. The Bertz CT molecular complexity index is 431. The van der Waals surface area contributed by atoms with E-state index >= 15 is 0 Å². The van der Waals surface area contributed by atoms with Gasteiger partial charge in [-0.05, 0) is 11.6 Å². The highest BCUT2D eigenvalue weighted by molar-refractivity contribution is 6.35. The summed E-state index contributed by atoms with van der Waals surface area (Å²) in [6, 6.07) is 0. The van der Waals surface area contributed by atoms with Crippen LogP contribution in [0.1, 0.15) is 0 Å². The van der Waals surface area contributed by atoms with Gasteiger partial charge in [-0.2, -0.15) is 4.98 Å². The molecule has 4 nitrogen and oxygen atoms in total. The van der Waals surface area contributed by atoms with Crippen LogP contribution in [0.15, 0.2) is 12.4 Å². The first-order valence-electron chi connectivity index (χ1n) is 3.07. The number of hydrogen-bond donors (Lipinski definition) is 0. The van der Waals surface area contributed by atoms with E-state index in [2.05, 4.69) is 19.9 Å². The van der Waals surface area contributed by atoms with Crippen molar-refractivity contribution in [2.45, 2.75) is 0 Å². The number of hydrogen-bond acceptors (Lipinski definition) is 4. The predicted molar refractivity (Wildman–Crippen MR) is 45.1 cm³/mol. The first-order chi connectivity index (χ1) is 5.77. The Kier molecular flexibility index (Phi) is 1.78. The lowest BCUT2D eigenvalue weighted by atomic mass is 10.5. The van der Waals surface area contributed by atoms with Crippen molar-refractivity contribution in [3.05, 3.63) is 22.8 Å². The van der Waals surface area contributed by atoms with E-state index in [1.54, 1.807) is 0 Å². The summed E-state index contributed by atoms with van der Waals surface area (Å²) in [5.41, 5.74) is 0.867. The highest BCUT2D eigenvalue weighted by Gasteiger charge is 2.04. The van der Waals surface area contributed by atoms with Gasteiger partial charge in [-0.25, -0.2) is 15.0 Å². The molecule has 2 heterocycles. The standard InChI is InChI=1S/C6H2Cl2N4/c7-4-3-5(10-2-1-9-3)12-6(8)11-4/h1-2H. The third-order valence-electron chi connectivity index (χ3n) is 1.26. The maximum absolute atomic E-state index is 5.72. The van der Waals surface area contributed by atoms with Crippen molar-refractivity contribution in [2.75, 3.05) is 0 Å². The minimum atomic E-state index is 0.0769. The molecule has 0 radical (unpaired) electrons. The molecule has 0 amide bonds. The topological polar surface area (TPSA) is 51.6 Å². The van der Waals surface area contributed by atoms with Crippen LogP contribution in [0, 0.1) is 0 Å². The van der Waals surface area contributed by atoms with Crippen LogP contribution in [0.2, 0.25) is 10.4 Å². The summed E-state index contributed by atoms with van der Waals surface area (Å²) < 4.78 is 0. The van der Waals surface area contributed by atoms with Gasteiger partial charge in [-0.1, -0.05) is 11.6 Å². The fraction of sp³-hybridized carbons (Fsp3) is 0. The Morgan fingerprint density at radius 2 is 1.75 bits per heavy atom. The molecule has 0 saturated carbocycles. The van der Waals surface area contributed by atoms with Crippen LogP contribution in [-0.2, 0) is 0 Å². The monoisotopic (exact) mass is 200 g/mol. The second-order valence-corrected chi connectivity index (χ2v) is 2.71. The van der Waals surface area contributed by atoms with Crippen LogP contribution in [0.5, 0.6) is 0 Å². The first kappa shape index (κ1) is 7.64. The maximum Gasteiger partial charge on any atom is 0.225 e. The van der Waals surface area contributed by atoms with E-state index in [-0.39, 0.29) is 10.4 Å². The normalized spacial score (nSPS) is 10.5. The van der Waals surface area contributed by atoms with E-state index in [9.17, 15) is 0 Å². The average molecular weight is 201 g/mol. The molecule has 0 spiro atoms. The first-order valence-corrected chi connectivity index (χ1v) is 3.83. The molecule has 0 bridgehead atoms. The van der Waals surface area contributed by atoms with Gasteiger partial charge in [0.05, 0.1) is 0 Å². The molecule has 0 aliphatic carbocycles. The van der Waals surface area contributed by atoms with Crippen molar-refractivity contribution < 1.29 is 0 Å².